The third kappa shape index (κ3) is 3.69. The van der Waals surface area contributed by atoms with Gasteiger partial charge in [-0.3, -0.25) is 4.79 Å². The Morgan fingerprint density at radius 2 is 2.00 bits per heavy atom. The second-order valence-electron chi connectivity index (χ2n) is 4.39. The highest BCUT2D eigenvalue weighted by Gasteiger charge is 2.21. The van der Waals surface area contributed by atoms with Gasteiger partial charge in [-0.05, 0) is 19.3 Å². The van der Waals surface area contributed by atoms with E-state index >= 15 is 0 Å². The largest absolute Gasteiger partial charge is 0.466 e. The van der Waals surface area contributed by atoms with E-state index in [9.17, 15) is 4.79 Å². The van der Waals surface area contributed by atoms with Crippen LogP contribution in [0.5, 0.6) is 0 Å². The van der Waals surface area contributed by atoms with Crippen molar-refractivity contribution in [1.82, 2.24) is 0 Å². The summed E-state index contributed by atoms with van der Waals surface area (Å²) in [7, 11) is 0. The van der Waals surface area contributed by atoms with Gasteiger partial charge < -0.3 is 4.74 Å². The lowest BCUT2D eigenvalue weighted by Gasteiger charge is -2.23. The minimum atomic E-state index is -0.0157. The van der Waals surface area contributed by atoms with Gasteiger partial charge in [0.15, 0.2) is 0 Å². The van der Waals surface area contributed by atoms with E-state index in [2.05, 4.69) is 0 Å². The monoisotopic (exact) mass is 198 g/mol. The molecule has 1 fully saturated rings. The molecule has 0 aromatic heterocycles. The van der Waals surface area contributed by atoms with Crippen molar-refractivity contribution in [3.05, 3.63) is 0 Å². The van der Waals surface area contributed by atoms with Crippen LogP contribution in [0.1, 0.15) is 52.4 Å². The van der Waals surface area contributed by atoms with Gasteiger partial charge in [-0.1, -0.05) is 39.0 Å². The van der Waals surface area contributed by atoms with E-state index in [1.165, 1.54) is 32.1 Å². The highest BCUT2D eigenvalue weighted by molar-refractivity contribution is 5.71. The Morgan fingerprint density at radius 1 is 1.36 bits per heavy atom. The molecular formula is C12H22O2. The van der Waals surface area contributed by atoms with Gasteiger partial charge in [-0.15, -0.1) is 0 Å². The molecule has 0 aliphatic heterocycles. The number of carbonyl (C=O) groups is 1. The number of hydrogen-bond donors (Lipinski definition) is 0. The SMILES string of the molecule is CCOC(=O)[C@@H](C)CC1CCCCC1. The summed E-state index contributed by atoms with van der Waals surface area (Å²) in [5.74, 6) is 0.847. The lowest BCUT2D eigenvalue weighted by molar-refractivity contribution is -0.148. The summed E-state index contributed by atoms with van der Waals surface area (Å²) in [5, 5.41) is 0. The predicted molar refractivity (Wildman–Crippen MR) is 57.0 cm³/mol. The highest BCUT2D eigenvalue weighted by Crippen LogP contribution is 2.29. The second kappa shape index (κ2) is 6.05. The fourth-order valence-corrected chi connectivity index (χ4v) is 2.30. The first-order chi connectivity index (χ1) is 6.74. The fraction of sp³-hybridized carbons (Fsp3) is 0.917. The first kappa shape index (κ1) is 11.5. The van der Waals surface area contributed by atoms with Crippen LogP contribution in [-0.2, 0) is 9.53 Å². The molecule has 2 nitrogen and oxygen atoms in total. The molecule has 1 rings (SSSR count). The lowest BCUT2D eigenvalue weighted by Crippen LogP contribution is -2.19. The van der Waals surface area contributed by atoms with E-state index < -0.39 is 0 Å². The van der Waals surface area contributed by atoms with E-state index in [1.807, 2.05) is 13.8 Å². The molecule has 0 spiro atoms. The third-order valence-electron chi connectivity index (χ3n) is 3.10. The number of ether oxygens (including phenoxy) is 1. The number of carbonyl (C=O) groups excluding carboxylic acids is 1. The quantitative estimate of drug-likeness (QED) is 0.649. The van der Waals surface area contributed by atoms with Crippen LogP contribution in [0.3, 0.4) is 0 Å². The van der Waals surface area contributed by atoms with Gasteiger partial charge in [0.25, 0.3) is 0 Å². The molecule has 1 aliphatic rings. The predicted octanol–water partition coefficient (Wildman–Crippen LogP) is 3.16. The van der Waals surface area contributed by atoms with Crippen LogP contribution in [-0.4, -0.2) is 12.6 Å². The van der Waals surface area contributed by atoms with Gasteiger partial charge >= 0.3 is 5.97 Å². The van der Waals surface area contributed by atoms with Crippen molar-refractivity contribution in [2.24, 2.45) is 11.8 Å². The molecule has 0 N–H and O–H groups in total. The average molecular weight is 198 g/mol. The second-order valence-corrected chi connectivity index (χ2v) is 4.39. The molecule has 0 heterocycles. The summed E-state index contributed by atoms with van der Waals surface area (Å²) < 4.78 is 5.01. The summed E-state index contributed by atoms with van der Waals surface area (Å²) in [6.07, 6.45) is 7.72. The van der Waals surface area contributed by atoms with Crippen molar-refractivity contribution < 1.29 is 9.53 Å². The Morgan fingerprint density at radius 3 is 2.57 bits per heavy atom. The molecule has 1 atom stereocenters. The molecular weight excluding hydrogens is 176 g/mol. The van der Waals surface area contributed by atoms with Crippen LogP contribution in [0.15, 0.2) is 0 Å². The van der Waals surface area contributed by atoms with E-state index in [-0.39, 0.29) is 11.9 Å². The summed E-state index contributed by atoms with van der Waals surface area (Å²) in [6.45, 7) is 4.37. The minimum absolute atomic E-state index is 0.0157. The van der Waals surface area contributed by atoms with Gasteiger partial charge in [0.05, 0.1) is 12.5 Å². The molecule has 14 heavy (non-hydrogen) atoms. The van der Waals surface area contributed by atoms with Crippen LogP contribution in [0, 0.1) is 11.8 Å². The molecule has 1 aliphatic carbocycles. The molecule has 0 amide bonds. The Balaban J connectivity index is 2.24. The van der Waals surface area contributed by atoms with Crippen molar-refractivity contribution in [3.8, 4) is 0 Å². The summed E-state index contributed by atoms with van der Waals surface area (Å²) >= 11 is 0. The van der Waals surface area contributed by atoms with Crippen LogP contribution in [0.2, 0.25) is 0 Å². The van der Waals surface area contributed by atoms with Gasteiger partial charge in [0, 0.05) is 0 Å². The Labute approximate surface area is 87.0 Å². The number of esters is 1. The molecule has 0 aromatic carbocycles. The van der Waals surface area contributed by atoms with Crippen molar-refractivity contribution in [2.45, 2.75) is 52.4 Å². The van der Waals surface area contributed by atoms with Crippen molar-refractivity contribution in [1.29, 1.82) is 0 Å². The minimum Gasteiger partial charge on any atom is -0.466 e. The maximum atomic E-state index is 11.4. The summed E-state index contributed by atoms with van der Waals surface area (Å²) in [5.41, 5.74) is 0. The maximum absolute atomic E-state index is 11.4. The Bertz CT molecular complexity index is 171. The third-order valence-corrected chi connectivity index (χ3v) is 3.10. The molecule has 0 bridgehead atoms. The first-order valence-corrected chi connectivity index (χ1v) is 5.90. The molecule has 0 unspecified atom stereocenters. The molecule has 0 saturated heterocycles. The van der Waals surface area contributed by atoms with Crippen molar-refractivity contribution in [2.75, 3.05) is 6.61 Å². The highest BCUT2D eigenvalue weighted by atomic mass is 16.5. The van der Waals surface area contributed by atoms with Gasteiger partial charge in [0.1, 0.15) is 0 Å². The zero-order valence-electron chi connectivity index (χ0n) is 9.42. The maximum Gasteiger partial charge on any atom is 0.308 e. The average Bonchev–Trinajstić information content (AvgIpc) is 2.19. The Hall–Kier alpha value is -0.530. The zero-order chi connectivity index (χ0) is 10.4. The normalized spacial score (nSPS) is 20.4. The van der Waals surface area contributed by atoms with Gasteiger partial charge in [0.2, 0.25) is 0 Å². The first-order valence-electron chi connectivity index (χ1n) is 5.90. The summed E-state index contributed by atoms with van der Waals surface area (Å²) in [6, 6.07) is 0. The molecule has 1 saturated carbocycles. The Kier molecular flexibility index (Phi) is 4.99. The lowest BCUT2D eigenvalue weighted by atomic mass is 9.83. The number of hydrogen-bond acceptors (Lipinski definition) is 2. The standard InChI is InChI=1S/C12H22O2/c1-3-14-12(13)10(2)9-11-7-5-4-6-8-11/h10-11H,3-9H2,1-2H3/t10-/m0/s1. The van der Waals surface area contributed by atoms with Crippen LogP contribution in [0.25, 0.3) is 0 Å². The summed E-state index contributed by atoms with van der Waals surface area (Å²) in [4.78, 5) is 11.4. The van der Waals surface area contributed by atoms with E-state index in [4.69, 9.17) is 4.74 Å². The fourth-order valence-electron chi connectivity index (χ4n) is 2.30. The van der Waals surface area contributed by atoms with Gasteiger partial charge in [-0.25, -0.2) is 0 Å². The van der Waals surface area contributed by atoms with Crippen molar-refractivity contribution >= 4 is 5.97 Å². The molecule has 82 valence electrons. The van der Waals surface area contributed by atoms with Gasteiger partial charge in [-0.2, -0.15) is 0 Å². The van der Waals surface area contributed by atoms with Crippen LogP contribution < -0.4 is 0 Å². The molecule has 2 heteroatoms. The smallest absolute Gasteiger partial charge is 0.308 e. The molecule has 0 radical (unpaired) electrons. The van der Waals surface area contributed by atoms with E-state index in [1.54, 1.807) is 0 Å². The zero-order valence-corrected chi connectivity index (χ0v) is 9.42. The van der Waals surface area contributed by atoms with E-state index in [0.29, 0.717) is 6.61 Å². The topological polar surface area (TPSA) is 26.3 Å². The molecule has 0 aromatic rings. The van der Waals surface area contributed by atoms with Crippen LogP contribution >= 0.6 is 0 Å². The van der Waals surface area contributed by atoms with Crippen molar-refractivity contribution in [3.63, 3.8) is 0 Å². The number of rotatable bonds is 4. The van der Waals surface area contributed by atoms with Crippen LogP contribution in [0.4, 0.5) is 0 Å². The van der Waals surface area contributed by atoms with E-state index in [0.717, 1.165) is 12.3 Å².